The molecule has 0 heterocycles. The second kappa shape index (κ2) is 5.89. The summed E-state index contributed by atoms with van der Waals surface area (Å²) < 4.78 is 0. The Morgan fingerprint density at radius 3 is 2.64 bits per heavy atom. The third-order valence-electron chi connectivity index (χ3n) is 1.74. The Morgan fingerprint density at radius 2 is 2.27 bits per heavy atom. The number of amides is 1. The van der Waals surface area contributed by atoms with Crippen LogP contribution in [0.4, 0.5) is 0 Å². The molecule has 0 saturated carbocycles. The van der Waals surface area contributed by atoms with Crippen LogP contribution in [-0.4, -0.2) is 19.2 Å². The summed E-state index contributed by atoms with van der Waals surface area (Å²) in [5.41, 5.74) is 0. The van der Waals surface area contributed by atoms with Crippen LogP contribution in [0.5, 0.6) is 0 Å². The zero-order chi connectivity index (χ0) is 8.69. The van der Waals surface area contributed by atoms with E-state index < -0.39 is 0 Å². The van der Waals surface area contributed by atoms with Gasteiger partial charge in [0, 0.05) is 19.4 Å². The Morgan fingerprint density at radius 1 is 1.64 bits per heavy atom. The minimum absolute atomic E-state index is 0.00481. The standard InChI is InChI=1S/C8H15NO2/c1-3-7(5-4-6-10)8(11)9-2/h6-7H,3-5H2,1-2H3,(H,9,11). The van der Waals surface area contributed by atoms with E-state index >= 15 is 0 Å². The second-order valence-electron chi connectivity index (χ2n) is 2.46. The van der Waals surface area contributed by atoms with Crippen LogP contribution in [0.3, 0.4) is 0 Å². The molecule has 3 nitrogen and oxygen atoms in total. The van der Waals surface area contributed by atoms with Gasteiger partial charge in [-0.2, -0.15) is 0 Å². The van der Waals surface area contributed by atoms with Gasteiger partial charge in [-0.05, 0) is 12.8 Å². The van der Waals surface area contributed by atoms with Crippen molar-refractivity contribution in [1.82, 2.24) is 5.32 Å². The molecule has 11 heavy (non-hydrogen) atoms. The van der Waals surface area contributed by atoms with Gasteiger partial charge in [0.15, 0.2) is 0 Å². The van der Waals surface area contributed by atoms with E-state index in [0.717, 1.165) is 12.7 Å². The molecule has 0 rings (SSSR count). The molecule has 0 saturated heterocycles. The van der Waals surface area contributed by atoms with Crippen molar-refractivity contribution in [2.24, 2.45) is 5.92 Å². The number of aldehydes is 1. The van der Waals surface area contributed by atoms with Gasteiger partial charge in [-0.25, -0.2) is 0 Å². The van der Waals surface area contributed by atoms with Crippen molar-refractivity contribution in [3.63, 3.8) is 0 Å². The summed E-state index contributed by atoms with van der Waals surface area (Å²) in [4.78, 5) is 21.0. The first-order chi connectivity index (χ1) is 5.26. The minimum Gasteiger partial charge on any atom is -0.359 e. The van der Waals surface area contributed by atoms with Gasteiger partial charge in [-0.15, -0.1) is 0 Å². The van der Waals surface area contributed by atoms with Gasteiger partial charge in [0.25, 0.3) is 0 Å². The summed E-state index contributed by atoms with van der Waals surface area (Å²) in [7, 11) is 1.62. The smallest absolute Gasteiger partial charge is 0.222 e. The maximum absolute atomic E-state index is 11.0. The van der Waals surface area contributed by atoms with Crippen LogP contribution in [-0.2, 0) is 9.59 Å². The average molecular weight is 157 g/mol. The maximum Gasteiger partial charge on any atom is 0.222 e. The third kappa shape index (κ3) is 3.75. The van der Waals surface area contributed by atoms with Crippen LogP contribution < -0.4 is 5.32 Å². The van der Waals surface area contributed by atoms with E-state index in [2.05, 4.69) is 5.32 Å². The fourth-order valence-corrected chi connectivity index (χ4v) is 0.994. The van der Waals surface area contributed by atoms with E-state index in [0.29, 0.717) is 12.8 Å². The Kier molecular flexibility index (Phi) is 5.43. The molecule has 0 aliphatic rings. The molecule has 1 unspecified atom stereocenters. The third-order valence-corrected chi connectivity index (χ3v) is 1.74. The first-order valence-electron chi connectivity index (χ1n) is 3.91. The van der Waals surface area contributed by atoms with Gasteiger partial charge >= 0.3 is 0 Å². The van der Waals surface area contributed by atoms with E-state index in [4.69, 9.17) is 0 Å². The van der Waals surface area contributed by atoms with Crippen LogP contribution >= 0.6 is 0 Å². The molecule has 0 fully saturated rings. The van der Waals surface area contributed by atoms with E-state index in [1.54, 1.807) is 7.05 Å². The fourth-order valence-electron chi connectivity index (χ4n) is 0.994. The van der Waals surface area contributed by atoms with Crippen molar-refractivity contribution in [2.45, 2.75) is 26.2 Å². The number of carbonyl (C=O) groups excluding carboxylic acids is 2. The minimum atomic E-state index is 0.00481. The lowest BCUT2D eigenvalue weighted by Crippen LogP contribution is -2.26. The largest absolute Gasteiger partial charge is 0.359 e. The van der Waals surface area contributed by atoms with Crippen LogP contribution in [0, 0.1) is 5.92 Å². The highest BCUT2D eigenvalue weighted by atomic mass is 16.1. The summed E-state index contributed by atoms with van der Waals surface area (Å²) >= 11 is 0. The highest BCUT2D eigenvalue weighted by Gasteiger charge is 2.13. The van der Waals surface area contributed by atoms with Gasteiger partial charge in [0.1, 0.15) is 6.29 Å². The number of hydrogen-bond donors (Lipinski definition) is 1. The molecule has 0 aliphatic heterocycles. The predicted octanol–water partition coefficient (Wildman–Crippen LogP) is 0.738. The molecule has 64 valence electrons. The molecular weight excluding hydrogens is 142 g/mol. The zero-order valence-corrected chi connectivity index (χ0v) is 7.09. The monoisotopic (exact) mass is 157 g/mol. The number of hydrogen-bond acceptors (Lipinski definition) is 2. The van der Waals surface area contributed by atoms with Crippen LogP contribution in [0.1, 0.15) is 26.2 Å². The average Bonchev–Trinajstić information content (AvgIpc) is 2.05. The number of rotatable bonds is 5. The van der Waals surface area contributed by atoms with Crippen molar-refractivity contribution in [2.75, 3.05) is 7.05 Å². The molecular formula is C8H15NO2. The van der Waals surface area contributed by atoms with Gasteiger partial charge < -0.3 is 10.1 Å². The summed E-state index contributed by atoms with van der Waals surface area (Å²) in [6.45, 7) is 1.95. The lowest BCUT2D eigenvalue weighted by atomic mass is 10.00. The number of carbonyl (C=O) groups is 2. The van der Waals surface area contributed by atoms with E-state index in [1.807, 2.05) is 6.92 Å². The van der Waals surface area contributed by atoms with Crippen molar-refractivity contribution in [1.29, 1.82) is 0 Å². The summed E-state index contributed by atoms with van der Waals surface area (Å²) in [6.07, 6.45) is 2.80. The van der Waals surface area contributed by atoms with E-state index in [1.165, 1.54) is 0 Å². The zero-order valence-electron chi connectivity index (χ0n) is 7.09. The fraction of sp³-hybridized carbons (Fsp3) is 0.750. The lowest BCUT2D eigenvalue weighted by Gasteiger charge is -2.10. The van der Waals surface area contributed by atoms with Crippen LogP contribution in [0.25, 0.3) is 0 Å². The van der Waals surface area contributed by atoms with Crippen molar-refractivity contribution >= 4 is 12.2 Å². The van der Waals surface area contributed by atoms with Gasteiger partial charge in [0.05, 0.1) is 0 Å². The molecule has 0 aromatic heterocycles. The van der Waals surface area contributed by atoms with E-state index in [-0.39, 0.29) is 11.8 Å². The topological polar surface area (TPSA) is 46.2 Å². The Bertz CT molecular complexity index is 134. The molecule has 0 bridgehead atoms. The van der Waals surface area contributed by atoms with Crippen LogP contribution in [0.15, 0.2) is 0 Å². The normalized spacial score (nSPS) is 12.2. The van der Waals surface area contributed by atoms with Gasteiger partial charge in [0.2, 0.25) is 5.91 Å². The molecule has 0 aromatic carbocycles. The molecule has 3 heteroatoms. The summed E-state index contributed by atoms with van der Waals surface area (Å²) in [5.74, 6) is 0.0413. The SMILES string of the molecule is CCC(CCC=O)C(=O)NC. The highest BCUT2D eigenvalue weighted by Crippen LogP contribution is 2.09. The van der Waals surface area contributed by atoms with Gasteiger partial charge in [-0.1, -0.05) is 6.92 Å². The highest BCUT2D eigenvalue weighted by molar-refractivity contribution is 5.78. The quantitative estimate of drug-likeness (QED) is 0.598. The molecule has 0 aromatic rings. The number of nitrogens with one attached hydrogen (secondary N) is 1. The molecule has 0 spiro atoms. The second-order valence-corrected chi connectivity index (χ2v) is 2.46. The van der Waals surface area contributed by atoms with Crippen molar-refractivity contribution in [3.8, 4) is 0 Å². The Labute approximate surface area is 67.2 Å². The molecule has 1 N–H and O–H groups in total. The summed E-state index contributed by atoms with van der Waals surface area (Å²) in [6, 6.07) is 0. The molecule has 1 amide bonds. The molecule has 1 atom stereocenters. The van der Waals surface area contributed by atoms with Crippen LogP contribution in [0.2, 0.25) is 0 Å². The Hall–Kier alpha value is -0.860. The first kappa shape index (κ1) is 10.1. The van der Waals surface area contributed by atoms with Crippen molar-refractivity contribution < 1.29 is 9.59 Å². The van der Waals surface area contributed by atoms with Gasteiger partial charge in [-0.3, -0.25) is 4.79 Å². The predicted molar refractivity (Wildman–Crippen MR) is 43.1 cm³/mol. The first-order valence-corrected chi connectivity index (χ1v) is 3.91. The lowest BCUT2D eigenvalue weighted by molar-refractivity contribution is -0.124. The van der Waals surface area contributed by atoms with Crippen molar-refractivity contribution in [3.05, 3.63) is 0 Å². The summed E-state index contributed by atoms with van der Waals surface area (Å²) in [5, 5.41) is 2.57. The van der Waals surface area contributed by atoms with E-state index in [9.17, 15) is 9.59 Å². The maximum atomic E-state index is 11.0. The Balaban J connectivity index is 3.74. The molecule has 0 aliphatic carbocycles. The molecule has 0 radical (unpaired) electrons.